The molecule has 0 spiro atoms. The fourth-order valence-electron chi connectivity index (χ4n) is 2.55. The summed E-state index contributed by atoms with van der Waals surface area (Å²) < 4.78 is 43.6. The first-order valence-corrected chi connectivity index (χ1v) is 11.4. The zero-order chi connectivity index (χ0) is 19.2. The van der Waals surface area contributed by atoms with Gasteiger partial charge in [-0.2, -0.15) is 0 Å². The molecule has 2 rings (SSSR count). The third-order valence-corrected chi connectivity index (χ3v) is 7.63. The molecule has 2 aromatic rings. The number of carbonyl (C=O) groups excluding carboxylic acids is 1. The summed E-state index contributed by atoms with van der Waals surface area (Å²) in [6.07, 6.45) is -0.268. The maximum absolute atomic E-state index is 13.2. The van der Waals surface area contributed by atoms with Crippen molar-refractivity contribution in [1.82, 2.24) is 0 Å². The van der Waals surface area contributed by atoms with Gasteiger partial charge in [0, 0.05) is 0 Å². The van der Waals surface area contributed by atoms with Crippen molar-refractivity contribution in [3.05, 3.63) is 66.0 Å². The zero-order valence-corrected chi connectivity index (χ0v) is 15.9. The molecule has 0 N–H and O–H groups in total. The van der Waals surface area contributed by atoms with Crippen molar-refractivity contribution >= 4 is 23.1 Å². The van der Waals surface area contributed by atoms with E-state index in [0.29, 0.717) is 0 Å². The molecule has 0 bridgehead atoms. The van der Waals surface area contributed by atoms with Crippen LogP contribution in [0.25, 0.3) is 0 Å². The predicted octanol–water partition coefficient (Wildman–Crippen LogP) is 2.75. The Kier molecular flexibility index (Phi) is 6.25. The van der Waals surface area contributed by atoms with Crippen molar-refractivity contribution < 1.29 is 21.6 Å². The molecule has 1 unspecified atom stereocenters. The fraction of sp³-hybridized carbons (Fsp3) is 0.263. The minimum absolute atomic E-state index is 0.0426. The van der Waals surface area contributed by atoms with Crippen LogP contribution in [0.2, 0.25) is 5.32 Å². The van der Waals surface area contributed by atoms with Crippen LogP contribution in [0.4, 0.5) is 4.39 Å². The SMILES string of the molecule is CCOC(=O)C(C#N)(CC[Se](=O)(=O)c1ccccc1)c1ccc(F)cc1. The van der Waals surface area contributed by atoms with Crippen LogP contribution >= 0.6 is 0 Å². The third kappa shape index (κ3) is 4.16. The second-order valence-corrected chi connectivity index (χ2v) is 10.1. The van der Waals surface area contributed by atoms with Crippen LogP contribution in [0.3, 0.4) is 0 Å². The maximum atomic E-state index is 13.2. The van der Waals surface area contributed by atoms with E-state index in [2.05, 4.69) is 0 Å². The summed E-state index contributed by atoms with van der Waals surface area (Å²) in [6, 6.07) is 14.7. The van der Waals surface area contributed by atoms with Crippen molar-refractivity contribution in [2.75, 3.05) is 6.61 Å². The number of nitrogens with zero attached hydrogens (tertiary/aromatic N) is 1. The van der Waals surface area contributed by atoms with Gasteiger partial charge in [-0.25, -0.2) is 0 Å². The molecule has 0 aliphatic heterocycles. The molecular formula is C19H18FNO4Se. The Morgan fingerprint density at radius 3 is 2.31 bits per heavy atom. The van der Waals surface area contributed by atoms with E-state index in [-0.39, 0.29) is 28.4 Å². The summed E-state index contributed by atoms with van der Waals surface area (Å²) in [6.45, 7) is 1.64. The topological polar surface area (TPSA) is 84.2 Å². The first-order valence-electron chi connectivity index (χ1n) is 7.98. The molecule has 0 radical (unpaired) electrons. The summed E-state index contributed by atoms with van der Waals surface area (Å²) >= 11 is -4.55. The first-order chi connectivity index (χ1) is 12.4. The molecule has 0 aliphatic rings. The van der Waals surface area contributed by atoms with Crippen molar-refractivity contribution in [2.45, 2.75) is 24.1 Å². The summed E-state index contributed by atoms with van der Waals surface area (Å²) in [4.78, 5) is 12.5. The molecule has 0 aliphatic carbocycles. The molecule has 0 fully saturated rings. The Balaban J connectivity index is 2.40. The molecular weight excluding hydrogens is 404 g/mol. The van der Waals surface area contributed by atoms with Gasteiger partial charge in [-0.15, -0.1) is 0 Å². The summed E-state index contributed by atoms with van der Waals surface area (Å²) in [5, 5.41) is 9.38. The monoisotopic (exact) mass is 423 g/mol. The number of carbonyl (C=O) groups is 1. The van der Waals surface area contributed by atoms with Gasteiger partial charge in [0.15, 0.2) is 0 Å². The molecule has 5 nitrogen and oxygen atoms in total. The predicted molar refractivity (Wildman–Crippen MR) is 93.0 cm³/mol. The normalized spacial score (nSPS) is 13.4. The molecule has 136 valence electrons. The number of rotatable bonds is 7. The summed E-state index contributed by atoms with van der Waals surface area (Å²) in [5.41, 5.74) is -1.60. The van der Waals surface area contributed by atoms with Gasteiger partial charge in [0.2, 0.25) is 0 Å². The second-order valence-electron chi connectivity index (χ2n) is 5.63. The van der Waals surface area contributed by atoms with Gasteiger partial charge in [-0.05, 0) is 0 Å². The third-order valence-electron chi connectivity index (χ3n) is 4.00. The second kappa shape index (κ2) is 8.22. The van der Waals surface area contributed by atoms with Crippen molar-refractivity contribution in [2.24, 2.45) is 0 Å². The van der Waals surface area contributed by atoms with Crippen LogP contribution in [0.15, 0.2) is 54.6 Å². The molecule has 0 amide bonds. The molecule has 0 aromatic heterocycles. The van der Waals surface area contributed by atoms with Crippen LogP contribution in [-0.4, -0.2) is 25.3 Å². The van der Waals surface area contributed by atoms with E-state index in [1.807, 2.05) is 6.07 Å². The average molecular weight is 422 g/mol. The Labute approximate surface area is 153 Å². The van der Waals surface area contributed by atoms with Crippen molar-refractivity contribution in [3.63, 3.8) is 0 Å². The Bertz CT molecular complexity index is 905. The van der Waals surface area contributed by atoms with E-state index in [9.17, 15) is 22.1 Å². The Morgan fingerprint density at radius 2 is 1.77 bits per heavy atom. The van der Waals surface area contributed by atoms with Crippen molar-refractivity contribution in [1.29, 1.82) is 5.26 Å². The molecule has 7 heteroatoms. The summed E-state index contributed by atoms with van der Waals surface area (Å²) in [7, 11) is 0. The van der Waals surface area contributed by atoms with Gasteiger partial charge in [-0.1, -0.05) is 0 Å². The number of halogens is 1. The number of nitriles is 1. The number of esters is 1. The van der Waals surface area contributed by atoms with Crippen LogP contribution < -0.4 is 4.46 Å². The Hall–Kier alpha value is -2.55. The average Bonchev–Trinajstić information content (AvgIpc) is 2.65. The zero-order valence-electron chi connectivity index (χ0n) is 14.2. The van der Waals surface area contributed by atoms with Crippen LogP contribution in [0.5, 0.6) is 0 Å². The molecule has 0 heterocycles. The first kappa shape index (κ1) is 19.8. The van der Waals surface area contributed by atoms with Gasteiger partial charge < -0.3 is 0 Å². The van der Waals surface area contributed by atoms with E-state index in [1.165, 1.54) is 24.3 Å². The van der Waals surface area contributed by atoms with E-state index in [4.69, 9.17) is 4.74 Å². The van der Waals surface area contributed by atoms with Gasteiger partial charge >= 0.3 is 153 Å². The molecule has 2 aromatic carbocycles. The minimum atomic E-state index is -4.55. The number of ether oxygens (including phenoxy) is 1. The van der Waals surface area contributed by atoms with E-state index in [0.717, 1.165) is 12.1 Å². The van der Waals surface area contributed by atoms with Gasteiger partial charge in [0.1, 0.15) is 0 Å². The van der Waals surface area contributed by atoms with E-state index >= 15 is 0 Å². The van der Waals surface area contributed by atoms with Gasteiger partial charge in [0.05, 0.1) is 0 Å². The number of hydrogen-bond donors (Lipinski definition) is 0. The van der Waals surface area contributed by atoms with E-state index in [1.54, 1.807) is 25.1 Å². The molecule has 1 atom stereocenters. The Morgan fingerprint density at radius 1 is 1.15 bits per heavy atom. The van der Waals surface area contributed by atoms with Crippen LogP contribution in [0, 0.1) is 17.1 Å². The number of benzene rings is 2. The number of hydrogen-bond acceptors (Lipinski definition) is 5. The van der Waals surface area contributed by atoms with Crippen LogP contribution in [-0.2, 0) is 22.6 Å². The van der Waals surface area contributed by atoms with Crippen LogP contribution in [0.1, 0.15) is 18.9 Å². The molecule has 26 heavy (non-hydrogen) atoms. The van der Waals surface area contributed by atoms with E-state index < -0.39 is 29.9 Å². The molecule has 0 saturated carbocycles. The fourth-order valence-corrected chi connectivity index (χ4v) is 5.45. The van der Waals surface area contributed by atoms with Gasteiger partial charge in [-0.3, -0.25) is 0 Å². The van der Waals surface area contributed by atoms with Gasteiger partial charge in [0.25, 0.3) is 0 Å². The quantitative estimate of drug-likeness (QED) is 0.506. The summed E-state index contributed by atoms with van der Waals surface area (Å²) in [5.74, 6) is -1.36. The standard InChI is InChI=1S/C19H18FNO4Se/c1-2-25-18(22)19(14-21,15-8-10-16(20)11-9-15)12-13-26(23,24)17-6-4-3-5-7-17/h3-11H,2,12-13H2,1H3. The van der Waals surface area contributed by atoms with Crippen molar-refractivity contribution in [3.8, 4) is 6.07 Å². The molecule has 0 saturated heterocycles.